The summed E-state index contributed by atoms with van der Waals surface area (Å²) in [6.45, 7) is 0. The van der Waals surface area contributed by atoms with Gasteiger partial charge in [-0.15, -0.1) is 11.8 Å². The van der Waals surface area contributed by atoms with E-state index in [1.54, 1.807) is 11.8 Å². The summed E-state index contributed by atoms with van der Waals surface area (Å²) < 4.78 is 0.954. The Morgan fingerprint density at radius 3 is 2.87 bits per heavy atom. The fourth-order valence-corrected chi connectivity index (χ4v) is 2.33. The van der Waals surface area contributed by atoms with Crippen molar-refractivity contribution in [3.05, 3.63) is 22.7 Å². The first-order valence-corrected chi connectivity index (χ1v) is 6.27. The molecule has 0 bridgehead atoms. The number of nitrogens with two attached hydrogens (primary N) is 1. The summed E-state index contributed by atoms with van der Waals surface area (Å²) in [5.41, 5.74) is 6.52. The van der Waals surface area contributed by atoms with Crippen molar-refractivity contribution in [1.82, 2.24) is 0 Å². The van der Waals surface area contributed by atoms with E-state index in [1.165, 1.54) is 0 Å². The molecule has 0 unspecified atom stereocenters. The van der Waals surface area contributed by atoms with Crippen LogP contribution in [0.25, 0.3) is 0 Å². The zero-order valence-corrected chi connectivity index (χ0v) is 10.5. The van der Waals surface area contributed by atoms with Gasteiger partial charge in [-0.2, -0.15) is 0 Å². The van der Waals surface area contributed by atoms with Crippen molar-refractivity contribution in [3.63, 3.8) is 0 Å². The first-order valence-electron chi connectivity index (χ1n) is 4.49. The third-order valence-electron chi connectivity index (χ3n) is 1.76. The van der Waals surface area contributed by atoms with Gasteiger partial charge in [0, 0.05) is 21.5 Å². The monoisotopic (exact) mass is 289 g/mol. The van der Waals surface area contributed by atoms with E-state index in [4.69, 9.17) is 10.8 Å². The number of halogens is 1. The summed E-state index contributed by atoms with van der Waals surface area (Å²) in [4.78, 5) is 11.3. The molecule has 3 nitrogen and oxygen atoms in total. The maximum absolute atomic E-state index is 10.3. The van der Waals surface area contributed by atoms with E-state index in [2.05, 4.69) is 15.9 Å². The van der Waals surface area contributed by atoms with Gasteiger partial charge in [-0.1, -0.05) is 15.9 Å². The third kappa shape index (κ3) is 4.57. The van der Waals surface area contributed by atoms with Crippen molar-refractivity contribution in [1.29, 1.82) is 0 Å². The number of carbonyl (C=O) groups is 1. The lowest BCUT2D eigenvalue weighted by molar-refractivity contribution is -0.137. The number of hydrogen-bond acceptors (Lipinski definition) is 3. The van der Waals surface area contributed by atoms with Gasteiger partial charge >= 0.3 is 5.97 Å². The fourth-order valence-electron chi connectivity index (χ4n) is 1.06. The number of anilines is 1. The van der Waals surface area contributed by atoms with Crippen LogP contribution in [0.3, 0.4) is 0 Å². The molecule has 0 radical (unpaired) electrons. The molecule has 0 aromatic heterocycles. The zero-order chi connectivity index (χ0) is 11.3. The Hall–Kier alpha value is -0.680. The largest absolute Gasteiger partial charge is 0.481 e. The maximum Gasteiger partial charge on any atom is 0.303 e. The number of hydrogen-bond donors (Lipinski definition) is 2. The molecule has 82 valence electrons. The molecule has 1 aromatic rings. The molecule has 0 aliphatic heterocycles. The predicted molar refractivity (Wildman–Crippen MR) is 66.1 cm³/mol. The first-order chi connectivity index (χ1) is 7.09. The summed E-state index contributed by atoms with van der Waals surface area (Å²) >= 11 is 4.92. The van der Waals surface area contributed by atoms with Crippen LogP contribution in [0.5, 0.6) is 0 Å². The normalized spacial score (nSPS) is 10.2. The van der Waals surface area contributed by atoms with E-state index in [9.17, 15) is 4.79 Å². The third-order valence-corrected chi connectivity index (χ3v) is 3.43. The lowest BCUT2D eigenvalue weighted by Gasteiger charge is -2.04. The van der Waals surface area contributed by atoms with Gasteiger partial charge in [0.2, 0.25) is 0 Å². The van der Waals surface area contributed by atoms with Gasteiger partial charge in [-0.25, -0.2) is 0 Å². The Bertz CT molecular complexity index is 357. The minimum atomic E-state index is -0.751. The molecule has 0 fully saturated rings. The van der Waals surface area contributed by atoms with Crippen molar-refractivity contribution in [2.75, 3.05) is 11.5 Å². The van der Waals surface area contributed by atoms with Crippen LogP contribution in [0.4, 0.5) is 5.69 Å². The first kappa shape index (κ1) is 12.4. The van der Waals surface area contributed by atoms with Gasteiger partial charge in [0.15, 0.2) is 0 Å². The topological polar surface area (TPSA) is 63.3 Å². The molecule has 0 spiro atoms. The van der Waals surface area contributed by atoms with Gasteiger partial charge < -0.3 is 10.8 Å². The fraction of sp³-hybridized carbons (Fsp3) is 0.300. The van der Waals surface area contributed by atoms with Crippen LogP contribution in [0, 0.1) is 0 Å². The van der Waals surface area contributed by atoms with Crippen molar-refractivity contribution in [2.45, 2.75) is 17.7 Å². The number of thioether (sulfide) groups is 1. The van der Waals surface area contributed by atoms with Crippen molar-refractivity contribution in [3.8, 4) is 0 Å². The molecule has 0 heterocycles. The van der Waals surface area contributed by atoms with Gasteiger partial charge in [0.25, 0.3) is 0 Å². The van der Waals surface area contributed by atoms with E-state index in [0.717, 1.165) is 20.8 Å². The second kappa shape index (κ2) is 6.02. The van der Waals surface area contributed by atoms with E-state index in [-0.39, 0.29) is 6.42 Å². The highest BCUT2D eigenvalue weighted by Crippen LogP contribution is 2.28. The molecule has 15 heavy (non-hydrogen) atoms. The Kier molecular flexibility index (Phi) is 4.98. The van der Waals surface area contributed by atoms with Crippen molar-refractivity contribution < 1.29 is 9.90 Å². The molecule has 0 aliphatic carbocycles. The van der Waals surface area contributed by atoms with Crippen LogP contribution in [0.2, 0.25) is 0 Å². The summed E-state index contributed by atoms with van der Waals surface area (Å²) in [5.74, 6) is 0.0253. The number of carboxylic acids is 1. The summed E-state index contributed by atoms with van der Waals surface area (Å²) in [5, 5.41) is 8.46. The number of benzene rings is 1. The van der Waals surface area contributed by atoms with Gasteiger partial charge in [0.05, 0.1) is 0 Å². The molecule has 0 atom stereocenters. The Balaban J connectivity index is 2.40. The molecule has 3 N–H and O–H groups in total. The number of carboxylic acid groups (broad SMARTS) is 1. The molecular formula is C10H12BrNO2S. The maximum atomic E-state index is 10.3. The molecule has 0 amide bonds. The van der Waals surface area contributed by atoms with Gasteiger partial charge in [-0.3, -0.25) is 4.79 Å². The quantitative estimate of drug-likeness (QED) is 0.497. The molecule has 1 rings (SSSR count). The van der Waals surface area contributed by atoms with E-state index in [1.807, 2.05) is 18.2 Å². The predicted octanol–water partition coefficient (Wildman–Crippen LogP) is 2.99. The van der Waals surface area contributed by atoms with Crippen LogP contribution in [-0.2, 0) is 4.79 Å². The average Bonchev–Trinajstić information content (AvgIpc) is 2.14. The van der Waals surface area contributed by atoms with E-state index in [0.29, 0.717) is 6.42 Å². The Morgan fingerprint density at radius 2 is 2.27 bits per heavy atom. The second-order valence-electron chi connectivity index (χ2n) is 3.03. The summed E-state index contributed by atoms with van der Waals surface area (Å²) in [7, 11) is 0. The minimum Gasteiger partial charge on any atom is -0.481 e. The molecular weight excluding hydrogens is 278 g/mol. The van der Waals surface area contributed by atoms with Gasteiger partial charge in [0.1, 0.15) is 0 Å². The Labute approximate surface area is 101 Å². The van der Waals surface area contributed by atoms with Crippen molar-refractivity contribution >= 4 is 39.3 Å². The van der Waals surface area contributed by atoms with Crippen LogP contribution in [-0.4, -0.2) is 16.8 Å². The SMILES string of the molecule is Nc1cc(Br)ccc1SCCCC(=O)O. The Morgan fingerprint density at radius 1 is 1.53 bits per heavy atom. The highest BCUT2D eigenvalue weighted by Gasteiger charge is 2.01. The summed E-state index contributed by atoms with van der Waals surface area (Å²) in [6, 6.07) is 5.71. The number of aliphatic carboxylic acids is 1. The van der Waals surface area contributed by atoms with Crippen LogP contribution in [0.15, 0.2) is 27.6 Å². The molecule has 1 aromatic carbocycles. The lowest BCUT2D eigenvalue weighted by Crippen LogP contribution is -1.95. The standard InChI is InChI=1S/C10H12BrNO2S/c11-7-3-4-9(8(12)6-7)15-5-1-2-10(13)14/h3-4,6H,1-2,5,12H2,(H,13,14). The van der Waals surface area contributed by atoms with E-state index < -0.39 is 5.97 Å². The second-order valence-corrected chi connectivity index (χ2v) is 5.08. The molecule has 0 aliphatic rings. The molecule has 0 saturated heterocycles. The minimum absolute atomic E-state index is 0.212. The molecule has 0 saturated carbocycles. The van der Waals surface area contributed by atoms with E-state index >= 15 is 0 Å². The van der Waals surface area contributed by atoms with Crippen LogP contribution < -0.4 is 5.73 Å². The summed E-state index contributed by atoms with van der Waals surface area (Å²) in [6.07, 6.45) is 0.874. The average molecular weight is 290 g/mol. The number of nitrogen functional groups attached to an aromatic ring is 1. The van der Waals surface area contributed by atoms with Crippen molar-refractivity contribution in [2.24, 2.45) is 0 Å². The highest BCUT2D eigenvalue weighted by molar-refractivity contribution is 9.10. The zero-order valence-electron chi connectivity index (χ0n) is 8.07. The van der Waals surface area contributed by atoms with Gasteiger partial charge in [-0.05, 0) is 30.4 Å². The highest BCUT2D eigenvalue weighted by atomic mass is 79.9. The smallest absolute Gasteiger partial charge is 0.303 e. The molecule has 5 heteroatoms. The van der Waals surface area contributed by atoms with Crippen LogP contribution >= 0.6 is 27.7 Å². The lowest BCUT2D eigenvalue weighted by atomic mass is 10.3. The van der Waals surface area contributed by atoms with Crippen LogP contribution in [0.1, 0.15) is 12.8 Å². The number of rotatable bonds is 5.